The first-order valence-electron chi connectivity index (χ1n) is 6.07. The molecule has 0 radical (unpaired) electrons. The monoisotopic (exact) mass is 269 g/mol. The summed E-state index contributed by atoms with van der Waals surface area (Å²) in [6.45, 7) is 1.53. The molecule has 2 heterocycles. The average molecular weight is 270 g/mol. The normalized spacial score (nSPS) is 27.9. The molecule has 0 saturated heterocycles. The van der Waals surface area contributed by atoms with Gasteiger partial charge in [-0.3, -0.25) is 10.0 Å². The van der Waals surface area contributed by atoms with E-state index in [0.717, 1.165) is 25.9 Å². The van der Waals surface area contributed by atoms with Gasteiger partial charge in [0.2, 0.25) is 5.88 Å². The van der Waals surface area contributed by atoms with Gasteiger partial charge in [0, 0.05) is 12.5 Å². The summed E-state index contributed by atoms with van der Waals surface area (Å²) >= 11 is 6.28. The van der Waals surface area contributed by atoms with E-state index in [9.17, 15) is 0 Å². The Hall–Kier alpha value is -1.27. The first kappa shape index (κ1) is 11.8. The van der Waals surface area contributed by atoms with Gasteiger partial charge < -0.3 is 10.1 Å². The lowest BCUT2D eigenvalue weighted by Gasteiger charge is -2.32. The van der Waals surface area contributed by atoms with Crippen molar-refractivity contribution in [1.82, 2.24) is 10.3 Å². The van der Waals surface area contributed by atoms with Crippen LogP contribution in [-0.2, 0) is 4.74 Å². The maximum Gasteiger partial charge on any atom is 0.219 e. The highest BCUT2D eigenvalue weighted by atomic mass is 35.5. The summed E-state index contributed by atoms with van der Waals surface area (Å²) in [7, 11) is 1.59. The van der Waals surface area contributed by atoms with E-state index in [-0.39, 0.29) is 6.17 Å². The molecule has 1 fully saturated rings. The predicted molar refractivity (Wildman–Crippen MR) is 70.2 cm³/mol. The smallest absolute Gasteiger partial charge is 0.219 e. The van der Waals surface area contributed by atoms with Crippen molar-refractivity contribution in [2.75, 3.05) is 20.2 Å². The van der Waals surface area contributed by atoms with E-state index >= 15 is 0 Å². The fourth-order valence-electron chi connectivity index (χ4n) is 2.28. The quantitative estimate of drug-likeness (QED) is 0.728. The second-order valence-corrected chi connectivity index (χ2v) is 4.98. The number of aliphatic imine (C=N–C) groups is 2. The largest absolute Gasteiger partial charge is 0.481 e. The van der Waals surface area contributed by atoms with Crippen molar-refractivity contribution in [3.63, 3.8) is 0 Å². The second-order valence-electron chi connectivity index (χ2n) is 4.62. The third-order valence-corrected chi connectivity index (χ3v) is 3.62. The van der Waals surface area contributed by atoms with Gasteiger partial charge in [-0.25, -0.2) is 10.8 Å². The highest BCUT2D eigenvalue weighted by Gasteiger charge is 2.40. The summed E-state index contributed by atoms with van der Waals surface area (Å²) in [6.07, 6.45) is 2.16. The van der Waals surface area contributed by atoms with E-state index in [1.165, 1.54) is 0 Å². The number of hydrogen-bond donors (Lipinski definition) is 2. The Morgan fingerprint density at radius 2 is 2.28 bits per heavy atom. The van der Waals surface area contributed by atoms with E-state index in [1.807, 2.05) is 0 Å². The van der Waals surface area contributed by atoms with Crippen LogP contribution in [0.1, 0.15) is 12.8 Å². The number of nitrogens with zero attached hydrogens (tertiary/aromatic N) is 3. The summed E-state index contributed by atoms with van der Waals surface area (Å²) in [5, 5.41) is 5.17. The summed E-state index contributed by atoms with van der Waals surface area (Å²) in [5.41, 5.74) is 0.663. The zero-order valence-corrected chi connectivity index (χ0v) is 10.9. The molecule has 0 aromatic heterocycles. The minimum absolute atomic E-state index is 0.113. The van der Waals surface area contributed by atoms with Crippen LogP contribution in [0.4, 0.5) is 0 Å². The fourth-order valence-corrected chi connectivity index (χ4v) is 2.55. The molecule has 18 heavy (non-hydrogen) atoms. The average Bonchev–Trinajstić information content (AvgIpc) is 3.07. The molecule has 3 N–H and O–H groups in total. The zero-order chi connectivity index (χ0) is 12.7. The molecule has 1 atom stereocenters. The van der Waals surface area contributed by atoms with Crippen LogP contribution in [0.2, 0.25) is 0 Å². The van der Waals surface area contributed by atoms with Crippen molar-refractivity contribution in [2.24, 2.45) is 21.7 Å². The molecule has 0 amide bonds. The van der Waals surface area contributed by atoms with E-state index in [0.29, 0.717) is 28.4 Å². The molecule has 3 aliphatic rings. The van der Waals surface area contributed by atoms with Crippen LogP contribution >= 0.6 is 11.6 Å². The highest BCUT2D eigenvalue weighted by molar-refractivity contribution is 6.72. The van der Waals surface area contributed by atoms with Crippen LogP contribution in [0.15, 0.2) is 21.4 Å². The maximum absolute atomic E-state index is 6.28. The van der Waals surface area contributed by atoms with Crippen molar-refractivity contribution >= 4 is 22.6 Å². The first-order chi connectivity index (χ1) is 8.72. The molecule has 98 valence electrons. The Morgan fingerprint density at radius 1 is 1.50 bits per heavy atom. The molecule has 6 nitrogen and oxygen atoms in total. The van der Waals surface area contributed by atoms with Crippen molar-refractivity contribution in [3.05, 3.63) is 11.5 Å². The summed E-state index contributed by atoms with van der Waals surface area (Å²) in [6, 6.07) is 0. The molecule has 1 saturated carbocycles. The lowest BCUT2D eigenvalue weighted by atomic mass is 10.2. The number of ether oxygens (including phenoxy) is 1. The minimum Gasteiger partial charge on any atom is -0.481 e. The SMILES string of the molecule is COC1=C(C2=NCCN2)C(Cl)=NC(C2CC2)N1N. The number of hydrazine groups is 1. The lowest BCUT2D eigenvalue weighted by molar-refractivity contribution is 0.105. The Balaban J connectivity index is 1.98. The Bertz CT molecular complexity index is 454. The van der Waals surface area contributed by atoms with Gasteiger partial charge in [-0.1, -0.05) is 11.6 Å². The van der Waals surface area contributed by atoms with E-state index in [1.54, 1.807) is 12.1 Å². The predicted octanol–water partition coefficient (Wildman–Crippen LogP) is 0.409. The molecular formula is C11H16ClN5O. The molecule has 0 bridgehead atoms. The Morgan fingerprint density at radius 3 is 2.83 bits per heavy atom. The molecule has 0 aromatic rings. The molecule has 3 rings (SSSR count). The van der Waals surface area contributed by atoms with Gasteiger partial charge in [0.15, 0.2) is 0 Å². The molecular weight excluding hydrogens is 254 g/mol. The van der Waals surface area contributed by atoms with Crippen LogP contribution in [0, 0.1) is 5.92 Å². The number of rotatable bonds is 3. The lowest BCUT2D eigenvalue weighted by Crippen LogP contribution is -2.46. The number of halogens is 1. The van der Waals surface area contributed by atoms with Gasteiger partial charge in [-0.05, 0) is 12.8 Å². The molecule has 0 spiro atoms. The number of amidine groups is 1. The Kier molecular flexibility index (Phi) is 2.91. The van der Waals surface area contributed by atoms with Gasteiger partial charge in [0.1, 0.15) is 22.7 Å². The second kappa shape index (κ2) is 4.44. The number of hydrogen-bond acceptors (Lipinski definition) is 6. The van der Waals surface area contributed by atoms with Crippen molar-refractivity contribution in [3.8, 4) is 0 Å². The van der Waals surface area contributed by atoms with Gasteiger partial charge in [-0.15, -0.1) is 0 Å². The Labute approximate surface area is 111 Å². The third kappa shape index (κ3) is 1.85. The molecule has 0 aromatic carbocycles. The summed E-state index contributed by atoms with van der Waals surface area (Å²) in [4.78, 5) is 8.82. The topological polar surface area (TPSA) is 75.2 Å². The van der Waals surface area contributed by atoms with Crippen molar-refractivity contribution in [1.29, 1.82) is 0 Å². The first-order valence-corrected chi connectivity index (χ1v) is 6.44. The number of methoxy groups -OCH3 is 1. The fraction of sp³-hybridized carbons (Fsp3) is 0.636. The van der Waals surface area contributed by atoms with E-state index in [2.05, 4.69) is 15.3 Å². The van der Waals surface area contributed by atoms with Gasteiger partial charge in [0.05, 0.1) is 13.7 Å². The number of nitrogens with two attached hydrogens (primary N) is 1. The minimum atomic E-state index is -0.113. The van der Waals surface area contributed by atoms with E-state index in [4.69, 9.17) is 22.2 Å². The van der Waals surface area contributed by atoms with Gasteiger partial charge >= 0.3 is 0 Å². The zero-order valence-electron chi connectivity index (χ0n) is 10.2. The van der Waals surface area contributed by atoms with Crippen molar-refractivity contribution in [2.45, 2.75) is 19.0 Å². The summed E-state index contributed by atoms with van der Waals surface area (Å²) in [5.74, 6) is 7.83. The van der Waals surface area contributed by atoms with E-state index < -0.39 is 0 Å². The number of nitrogens with one attached hydrogen (secondary N) is 1. The molecule has 2 aliphatic heterocycles. The third-order valence-electron chi connectivity index (χ3n) is 3.33. The van der Waals surface area contributed by atoms with Crippen LogP contribution < -0.4 is 11.2 Å². The van der Waals surface area contributed by atoms with Gasteiger partial charge in [-0.2, -0.15) is 0 Å². The van der Waals surface area contributed by atoms with Crippen molar-refractivity contribution < 1.29 is 4.74 Å². The van der Waals surface area contributed by atoms with Crippen LogP contribution in [0.3, 0.4) is 0 Å². The standard InChI is InChI=1S/C11H16ClN5O/c1-18-11-7(9-14-4-5-15-9)8(12)16-10(17(11)13)6-2-3-6/h6,10H,2-5,13H2,1H3,(H,14,15). The molecule has 1 unspecified atom stereocenters. The maximum atomic E-state index is 6.28. The molecule has 1 aliphatic carbocycles. The van der Waals surface area contributed by atoms with Crippen LogP contribution in [0.25, 0.3) is 0 Å². The van der Waals surface area contributed by atoms with Crippen LogP contribution in [0.5, 0.6) is 0 Å². The van der Waals surface area contributed by atoms with Gasteiger partial charge in [0.25, 0.3) is 0 Å². The van der Waals surface area contributed by atoms with Crippen LogP contribution in [-0.4, -0.2) is 42.4 Å². The summed E-state index contributed by atoms with van der Waals surface area (Å²) < 4.78 is 5.40. The highest BCUT2D eigenvalue weighted by Crippen LogP contribution is 2.39. The molecule has 7 heteroatoms.